The molecule has 2 fully saturated rings. The number of nitrogens with zero attached hydrogens (tertiary/aromatic N) is 2. The van der Waals surface area contributed by atoms with E-state index >= 15 is 0 Å². The summed E-state index contributed by atoms with van der Waals surface area (Å²) in [6.07, 6.45) is 5.28. The number of furan rings is 1. The van der Waals surface area contributed by atoms with Crippen LogP contribution < -0.4 is 0 Å². The van der Waals surface area contributed by atoms with Crippen molar-refractivity contribution in [1.29, 1.82) is 0 Å². The van der Waals surface area contributed by atoms with Crippen LogP contribution in [0, 0.1) is 5.92 Å². The van der Waals surface area contributed by atoms with E-state index in [1.54, 1.807) is 12.3 Å². The molecule has 0 aromatic carbocycles. The zero-order valence-corrected chi connectivity index (χ0v) is 11.8. The van der Waals surface area contributed by atoms with Gasteiger partial charge in [0.1, 0.15) is 6.26 Å². The second-order valence-corrected chi connectivity index (χ2v) is 5.66. The van der Waals surface area contributed by atoms with Gasteiger partial charge in [-0.15, -0.1) is 0 Å². The summed E-state index contributed by atoms with van der Waals surface area (Å²) < 4.78 is 10.4. The van der Waals surface area contributed by atoms with E-state index in [4.69, 9.17) is 9.15 Å². The van der Waals surface area contributed by atoms with Gasteiger partial charge in [0, 0.05) is 32.7 Å². The molecule has 1 amide bonds. The van der Waals surface area contributed by atoms with Crippen molar-refractivity contribution < 1.29 is 13.9 Å². The summed E-state index contributed by atoms with van der Waals surface area (Å²) in [5.74, 6) is 0.810. The summed E-state index contributed by atoms with van der Waals surface area (Å²) in [7, 11) is 0. The van der Waals surface area contributed by atoms with Crippen LogP contribution in [0.3, 0.4) is 0 Å². The molecule has 5 heteroatoms. The molecule has 0 saturated carbocycles. The first-order chi connectivity index (χ1) is 9.83. The number of carbonyl (C=O) groups is 1. The fourth-order valence-electron chi connectivity index (χ4n) is 3.04. The SMILES string of the molecule is O=C(c1ccoc1)N1CCC(CN2CCOCC2)CC1. The lowest BCUT2D eigenvalue weighted by molar-refractivity contribution is 0.0243. The molecular weight excluding hydrogens is 256 g/mol. The van der Waals surface area contributed by atoms with Crippen molar-refractivity contribution in [1.82, 2.24) is 9.80 Å². The Bertz CT molecular complexity index is 418. The van der Waals surface area contributed by atoms with E-state index in [2.05, 4.69) is 4.90 Å². The van der Waals surface area contributed by atoms with Crippen molar-refractivity contribution >= 4 is 5.91 Å². The Morgan fingerprint density at radius 3 is 2.60 bits per heavy atom. The Labute approximate surface area is 119 Å². The number of piperidine rings is 1. The van der Waals surface area contributed by atoms with Crippen LogP contribution in [0.25, 0.3) is 0 Å². The number of carbonyl (C=O) groups excluding carboxylic acids is 1. The molecule has 5 nitrogen and oxygen atoms in total. The van der Waals surface area contributed by atoms with Crippen LogP contribution in [0.4, 0.5) is 0 Å². The summed E-state index contributed by atoms with van der Waals surface area (Å²) in [6, 6.07) is 1.74. The lowest BCUT2D eigenvalue weighted by Gasteiger charge is -2.35. The highest BCUT2D eigenvalue weighted by atomic mass is 16.5. The number of hydrogen-bond donors (Lipinski definition) is 0. The Morgan fingerprint density at radius 2 is 1.95 bits per heavy atom. The average molecular weight is 278 g/mol. The first kappa shape index (κ1) is 13.6. The Kier molecular flexibility index (Phi) is 4.38. The monoisotopic (exact) mass is 278 g/mol. The van der Waals surface area contributed by atoms with Gasteiger partial charge in [0.25, 0.3) is 5.91 Å². The van der Waals surface area contributed by atoms with Crippen molar-refractivity contribution in [3.8, 4) is 0 Å². The Morgan fingerprint density at radius 1 is 1.20 bits per heavy atom. The fraction of sp³-hybridized carbons (Fsp3) is 0.667. The molecule has 2 aliphatic rings. The molecule has 1 aromatic rings. The normalized spacial score (nSPS) is 22.1. The summed E-state index contributed by atoms with van der Waals surface area (Å²) in [5.41, 5.74) is 0.664. The number of ether oxygens (including phenoxy) is 1. The van der Waals surface area contributed by atoms with Gasteiger partial charge in [0.2, 0.25) is 0 Å². The predicted molar refractivity (Wildman–Crippen MR) is 74.6 cm³/mol. The van der Waals surface area contributed by atoms with E-state index in [0.29, 0.717) is 11.5 Å². The van der Waals surface area contributed by atoms with Crippen LogP contribution in [0.5, 0.6) is 0 Å². The molecule has 0 aliphatic carbocycles. The molecule has 0 bridgehead atoms. The topological polar surface area (TPSA) is 45.9 Å². The molecule has 0 spiro atoms. The molecular formula is C15H22N2O3. The first-order valence-electron chi connectivity index (χ1n) is 7.44. The smallest absolute Gasteiger partial charge is 0.257 e. The fourth-order valence-corrected chi connectivity index (χ4v) is 3.04. The van der Waals surface area contributed by atoms with Gasteiger partial charge < -0.3 is 14.1 Å². The van der Waals surface area contributed by atoms with Crippen molar-refractivity contribution in [2.24, 2.45) is 5.92 Å². The molecule has 2 saturated heterocycles. The van der Waals surface area contributed by atoms with Gasteiger partial charge in [-0.05, 0) is 24.8 Å². The summed E-state index contributed by atoms with van der Waals surface area (Å²) in [4.78, 5) is 16.6. The van der Waals surface area contributed by atoms with E-state index < -0.39 is 0 Å². The summed E-state index contributed by atoms with van der Waals surface area (Å²) in [6.45, 7) is 6.69. The number of amides is 1. The second kappa shape index (κ2) is 6.41. The van der Waals surface area contributed by atoms with Crippen LogP contribution in [0.2, 0.25) is 0 Å². The van der Waals surface area contributed by atoms with Gasteiger partial charge in [0.15, 0.2) is 0 Å². The van der Waals surface area contributed by atoms with E-state index in [1.807, 2.05) is 4.90 Å². The molecule has 3 rings (SSSR count). The average Bonchev–Trinajstić information content (AvgIpc) is 3.03. The number of hydrogen-bond acceptors (Lipinski definition) is 4. The van der Waals surface area contributed by atoms with E-state index in [-0.39, 0.29) is 5.91 Å². The lowest BCUT2D eigenvalue weighted by Crippen LogP contribution is -2.44. The standard InChI is InChI=1S/C15H22N2O3/c18-15(14-3-8-20-12-14)17-4-1-13(2-5-17)11-16-6-9-19-10-7-16/h3,8,12-13H,1-2,4-7,9-11H2. The Balaban J connectivity index is 1.45. The quantitative estimate of drug-likeness (QED) is 0.840. The van der Waals surface area contributed by atoms with Crippen molar-refractivity contribution in [3.63, 3.8) is 0 Å². The van der Waals surface area contributed by atoms with Crippen LogP contribution in [-0.4, -0.2) is 61.6 Å². The molecule has 2 aliphatic heterocycles. The maximum Gasteiger partial charge on any atom is 0.257 e. The lowest BCUT2D eigenvalue weighted by atomic mass is 9.95. The largest absolute Gasteiger partial charge is 0.472 e. The van der Waals surface area contributed by atoms with Crippen molar-refractivity contribution in [2.45, 2.75) is 12.8 Å². The van der Waals surface area contributed by atoms with Crippen molar-refractivity contribution in [3.05, 3.63) is 24.2 Å². The molecule has 0 atom stereocenters. The third kappa shape index (κ3) is 3.22. The molecule has 1 aromatic heterocycles. The highest BCUT2D eigenvalue weighted by Gasteiger charge is 2.25. The van der Waals surface area contributed by atoms with Gasteiger partial charge in [-0.25, -0.2) is 0 Å². The third-order valence-corrected chi connectivity index (χ3v) is 4.29. The molecule has 110 valence electrons. The minimum atomic E-state index is 0.101. The van der Waals surface area contributed by atoms with E-state index in [0.717, 1.165) is 58.8 Å². The summed E-state index contributed by atoms with van der Waals surface area (Å²) >= 11 is 0. The minimum Gasteiger partial charge on any atom is -0.472 e. The maximum atomic E-state index is 12.2. The number of likely N-dealkylation sites (tertiary alicyclic amines) is 1. The summed E-state index contributed by atoms with van der Waals surface area (Å²) in [5, 5.41) is 0. The zero-order valence-electron chi connectivity index (χ0n) is 11.8. The first-order valence-corrected chi connectivity index (χ1v) is 7.44. The van der Waals surface area contributed by atoms with Gasteiger partial charge in [-0.3, -0.25) is 9.69 Å². The second-order valence-electron chi connectivity index (χ2n) is 5.66. The van der Waals surface area contributed by atoms with Gasteiger partial charge >= 0.3 is 0 Å². The molecule has 3 heterocycles. The molecule has 0 N–H and O–H groups in total. The van der Waals surface area contributed by atoms with Crippen LogP contribution in [0.15, 0.2) is 23.0 Å². The van der Waals surface area contributed by atoms with Crippen molar-refractivity contribution in [2.75, 3.05) is 45.9 Å². The van der Waals surface area contributed by atoms with E-state index in [9.17, 15) is 4.79 Å². The Hall–Kier alpha value is -1.33. The zero-order chi connectivity index (χ0) is 13.8. The highest BCUT2D eigenvalue weighted by Crippen LogP contribution is 2.20. The van der Waals surface area contributed by atoms with Crippen LogP contribution >= 0.6 is 0 Å². The molecule has 20 heavy (non-hydrogen) atoms. The predicted octanol–water partition coefficient (Wildman–Crippen LogP) is 1.46. The van der Waals surface area contributed by atoms with Gasteiger partial charge in [-0.1, -0.05) is 0 Å². The highest BCUT2D eigenvalue weighted by molar-refractivity contribution is 5.93. The molecule has 0 radical (unpaired) electrons. The molecule has 0 unspecified atom stereocenters. The van der Waals surface area contributed by atoms with Crippen LogP contribution in [-0.2, 0) is 4.74 Å². The third-order valence-electron chi connectivity index (χ3n) is 4.29. The van der Waals surface area contributed by atoms with Crippen LogP contribution in [0.1, 0.15) is 23.2 Å². The van der Waals surface area contributed by atoms with Gasteiger partial charge in [0.05, 0.1) is 25.0 Å². The number of morpholine rings is 1. The van der Waals surface area contributed by atoms with E-state index in [1.165, 1.54) is 6.26 Å². The van der Waals surface area contributed by atoms with Gasteiger partial charge in [-0.2, -0.15) is 0 Å². The maximum absolute atomic E-state index is 12.2. The minimum absolute atomic E-state index is 0.101. The number of rotatable bonds is 3.